The average molecular weight is 295 g/mol. The van der Waals surface area contributed by atoms with E-state index in [2.05, 4.69) is 11.3 Å². The highest BCUT2D eigenvalue weighted by Crippen LogP contribution is 2.19. The van der Waals surface area contributed by atoms with Gasteiger partial charge in [-0.1, -0.05) is 12.2 Å². The van der Waals surface area contributed by atoms with Crippen LogP contribution in [0.5, 0.6) is 0 Å². The zero-order valence-electron chi connectivity index (χ0n) is 11.2. The molecule has 0 heterocycles. The Morgan fingerprint density at radius 1 is 1.55 bits per heavy atom. The monoisotopic (exact) mass is 295 g/mol. The highest BCUT2D eigenvalue weighted by Gasteiger charge is 2.17. The Kier molecular flexibility index (Phi) is 5.70. The lowest BCUT2D eigenvalue weighted by molar-refractivity contribution is 0.162. The van der Waals surface area contributed by atoms with Crippen LogP contribution in [-0.2, 0) is 14.8 Å². The Morgan fingerprint density at radius 3 is 2.80 bits per heavy atom. The predicted molar refractivity (Wildman–Crippen MR) is 76.4 cm³/mol. The summed E-state index contributed by atoms with van der Waals surface area (Å²) < 4.78 is 31.6. The number of anilines is 1. The molecule has 1 rings (SSSR count). The van der Waals surface area contributed by atoms with Gasteiger partial charge in [-0.2, -0.15) is 5.26 Å². The Balaban J connectivity index is 2.65. The van der Waals surface area contributed by atoms with E-state index >= 15 is 0 Å². The summed E-state index contributed by atoms with van der Waals surface area (Å²) >= 11 is 0. The van der Waals surface area contributed by atoms with Crippen LogP contribution in [0, 0.1) is 11.3 Å². The van der Waals surface area contributed by atoms with Gasteiger partial charge in [0.2, 0.25) is 10.0 Å². The van der Waals surface area contributed by atoms with Crippen LogP contribution >= 0.6 is 0 Å². The van der Waals surface area contributed by atoms with Crippen LogP contribution in [0.4, 0.5) is 5.69 Å². The third-order valence-electron chi connectivity index (χ3n) is 2.32. The first-order valence-electron chi connectivity index (χ1n) is 5.88. The summed E-state index contributed by atoms with van der Waals surface area (Å²) in [5.74, 6) is 0. The van der Waals surface area contributed by atoms with E-state index < -0.39 is 10.0 Å². The molecule has 0 aliphatic rings. The number of hydrogen-bond acceptors (Lipinski definition) is 5. The van der Waals surface area contributed by atoms with Gasteiger partial charge >= 0.3 is 0 Å². The van der Waals surface area contributed by atoms with Gasteiger partial charge in [-0.15, -0.1) is 0 Å². The summed E-state index contributed by atoms with van der Waals surface area (Å²) in [5.41, 5.74) is 6.86. The number of sulfonamides is 1. The second kappa shape index (κ2) is 7.05. The molecule has 0 fully saturated rings. The number of rotatable bonds is 7. The maximum absolute atomic E-state index is 12.0. The SMILES string of the molecule is C=C(C)COCCNS(=O)(=O)c1ccc(C#N)cc1N. The predicted octanol–water partition coefficient (Wildman–Crippen LogP) is 1.01. The molecular formula is C13H17N3O3S. The van der Waals surface area contributed by atoms with Crippen molar-refractivity contribution in [1.82, 2.24) is 4.72 Å². The second-order valence-corrected chi connectivity index (χ2v) is 6.01. The standard InChI is InChI=1S/C13H17N3O3S/c1-10(2)9-19-6-5-16-20(17,18)13-4-3-11(8-14)7-12(13)15/h3-4,7,16H,1,5-6,9,15H2,2H3. The number of nitrogens with one attached hydrogen (secondary N) is 1. The van der Waals surface area contributed by atoms with Crippen LogP contribution in [0.1, 0.15) is 12.5 Å². The molecule has 6 nitrogen and oxygen atoms in total. The third-order valence-corrected chi connectivity index (χ3v) is 3.85. The third kappa shape index (κ3) is 4.66. The lowest BCUT2D eigenvalue weighted by Gasteiger charge is -2.09. The van der Waals surface area contributed by atoms with Gasteiger partial charge in [0.15, 0.2) is 0 Å². The maximum atomic E-state index is 12.0. The topological polar surface area (TPSA) is 105 Å². The van der Waals surface area contributed by atoms with E-state index in [0.29, 0.717) is 12.2 Å². The first kappa shape index (κ1) is 16.2. The first-order valence-corrected chi connectivity index (χ1v) is 7.36. The van der Waals surface area contributed by atoms with E-state index in [-0.39, 0.29) is 23.7 Å². The molecule has 0 atom stereocenters. The molecular weight excluding hydrogens is 278 g/mol. The van der Waals surface area contributed by atoms with E-state index in [1.165, 1.54) is 18.2 Å². The van der Waals surface area contributed by atoms with Crippen LogP contribution in [0.3, 0.4) is 0 Å². The Morgan fingerprint density at radius 2 is 2.25 bits per heavy atom. The van der Waals surface area contributed by atoms with Gasteiger partial charge in [-0.3, -0.25) is 0 Å². The summed E-state index contributed by atoms with van der Waals surface area (Å²) in [7, 11) is -3.70. The van der Waals surface area contributed by atoms with Crippen molar-refractivity contribution in [3.05, 3.63) is 35.9 Å². The van der Waals surface area contributed by atoms with Gasteiger partial charge in [0.05, 0.1) is 30.5 Å². The Bertz CT molecular complexity index is 633. The molecule has 3 N–H and O–H groups in total. The fourth-order valence-electron chi connectivity index (χ4n) is 1.44. The molecule has 1 aromatic rings. The normalized spacial score (nSPS) is 11.0. The van der Waals surface area contributed by atoms with Crippen LogP contribution in [-0.4, -0.2) is 28.2 Å². The van der Waals surface area contributed by atoms with Crippen LogP contribution < -0.4 is 10.5 Å². The minimum absolute atomic E-state index is 0.0411. The molecule has 0 aromatic heterocycles. The molecule has 0 unspecified atom stereocenters. The second-order valence-electron chi connectivity index (χ2n) is 4.27. The van der Waals surface area contributed by atoms with Crippen molar-refractivity contribution in [3.8, 4) is 6.07 Å². The molecule has 1 aromatic carbocycles. The van der Waals surface area contributed by atoms with Crippen molar-refractivity contribution < 1.29 is 13.2 Å². The van der Waals surface area contributed by atoms with Gasteiger partial charge in [-0.05, 0) is 25.1 Å². The van der Waals surface area contributed by atoms with E-state index in [1.807, 2.05) is 13.0 Å². The quantitative estimate of drug-likeness (QED) is 0.444. The maximum Gasteiger partial charge on any atom is 0.242 e. The number of benzene rings is 1. The lowest BCUT2D eigenvalue weighted by atomic mass is 10.2. The number of nitrogens with two attached hydrogens (primary N) is 1. The molecule has 0 bridgehead atoms. The molecule has 0 aliphatic carbocycles. The molecule has 0 spiro atoms. The Hall–Kier alpha value is -1.88. The zero-order valence-corrected chi connectivity index (χ0v) is 12.0. The fourth-order valence-corrected chi connectivity index (χ4v) is 2.56. The number of nitrogens with zero attached hydrogens (tertiary/aromatic N) is 1. The van der Waals surface area contributed by atoms with Crippen LogP contribution in [0.15, 0.2) is 35.2 Å². The van der Waals surface area contributed by atoms with Crippen molar-refractivity contribution in [3.63, 3.8) is 0 Å². The summed E-state index contributed by atoms with van der Waals surface area (Å²) in [6.07, 6.45) is 0. The minimum Gasteiger partial charge on any atom is -0.398 e. The van der Waals surface area contributed by atoms with Gasteiger partial charge in [0.25, 0.3) is 0 Å². The number of hydrogen-bond donors (Lipinski definition) is 2. The number of ether oxygens (including phenoxy) is 1. The molecule has 0 aliphatic heterocycles. The van der Waals surface area contributed by atoms with E-state index in [9.17, 15) is 8.42 Å². The summed E-state index contributed by atoms with van der Waals surface area (Å²) in [5, 5.41) is 8.71. The number of nitriles is 1. The molecule has 0 amide bonds. The van der Waals surface area contributed by atoms with Crippen molar-refractivity contribution in [1.29, 1.82) is 5.26 Å². The van der Waals surface area contributed by atoms with Gasteiger partial charge in [0, 0.05) is 6.54 Å². The molecule has 0 radical (unpaired) electrons. The van der Waals surface area contributed by atoms with Crippen molar-refractivity contribution in [2.45, 2.75) is 11.8 Å². The highest BCUT2D eigenvalue weighted by atomic mass is 32.2. The summed E-state index contributed by atoms with van der Waals surface area (Å²) in [4.78, 5) is -0.0450. The van der Waals surface area contributed by atoms with Gasteiger partial charge in [0.1, 0.15) is 4.90 Å². The van der Waals surface area contributed by atoms with Crippen LogP contribution in [0.2, 0.25) is 0 Å². The molecule has 108 valence electrons. The van der Waals surface area contributed by atoms with Crippen molar-refractivity contribution in [2.24, 2.45) is 0 Å². The highest BCUT2D eigenvalue weighted by molar-refractivity contribution is 7.89. The lowest BCUT2D eigenvalue weighted by Crippen LogP contribution is -2.28. The zero-order chi connectivity index (χ0) is 15.2. The largest absolute Gasteiger partial charge is 0.398 e. The smallest absolute Gasteiger partial charge is 0.242 e. The fraction of sp³-hybridized carbons (Fsp3) is 0.308. The molecule has 7 heteroatoms. The molecule has 0 saturated carbocycles. The van der Waals surface area contributed by atoms with Crippen LogP contribution in [0.25, 0.3) is 0 Å². The summed E-state index contributed by atoms with van der Waals surface area (Å²) in [6.45, 7) is 6.25. The van der Waals surface area contributed by atoms with Gasteiger partial charge < -0.3 is 10.5 Å². The van der Waals surface area contributed by atoms with E-state index in [0.717, 1.165) is 5.57 Å². The van der Waals surface area contributed by atoms with E-state index in [4.69, 9.17) is 15.7 Å². The Labute approximate surface area is 118 Å². The van der Waals surface area contributed by atoms with Crippen molar-refractivity contribution in [2.75, 3.05) is 25.5 Å². The first-order chi connectivity index (χ1) is 9.36. The minimum atomic E-state index is -3.70. The summed E-state index contributed by atoms with van der Waals surface area (Å²) in [6, 6.07) is 5.93. The molecule has 20 heavy (non-hydrogen) atoms. The van der Waals surface area contributed by atoms with E-state index in [1.54, 1.807) is 0 Å². The van der Waals surface area contributed by atoms with Crippen molar-refractivity contribution >= 4 is 15.7 Å². The number of nitrogen functional groups attached to an aromatic ring is 1. The average Bonchev–Trinajstić information content (AvgIpc) is 2.37. The molecule has 0 saturated heterocycles. The van der Waals surface area contributed by atoms with Gasteiger partial charge in [-0.25, -0.2) is 13.1 Å².